The van der Waals surface area contributed by atoms with Crippen molar-refractivity contribution in [3.63, 3.8) is 0 Å². The van der Waals surface area contributed by atoms with Crippen molar-refractivity contribution in [3.8, 4) is 0 Å². The van der Waals surface area contributed by atoms with Gasteiger partial charge in [0.15, 0.2) is 0 Å². The zero-order chi connectivity index (χ0) is 13.4. The highest BCUT2D eigenvalue weighted by Gasteiger charge is 2.20. The molecular formula is C12H24N2O3. The lowest BCUT2D eigenvalue weighted by atomic mass is 10.0. The van der Waals surface area contributed by atoms with Crippen molar-refractivity contribution < 1.29 is 14.7 Å². The predicted molar refractivity (Wildman–Crippen MR) is 66.8 cm³/mol. The third kappa shape index (κ3) is 7.74. The van der Waals surface area contributed by atoms with Gasteiger partial charge in [-0.15, -0.1) is 0 Å². The zero-order valence-electron chi connectivity index (χ0n) is 11.1. The summed E-state index contributed by atoms with van der Waals surface area (Å²) in [5.41, 5.74) is 0. The van der Waals surface area contributed by atoms with Crippen molar-refractivity contribution in [3.05, 3.63) is 0 Å². The maximum Gasteiger partial charge on any atom is 0.303 e. The minimum Gasteiger partial charge on any atom is -0.481 e. The van der Waals surface area contributed by atoms with Gasteiger partial charge in [0.1, 0.15) is 0 Å². The Kier molecular flexibility index (Phi) is 7.54. The summed E-state index contributed by atoms with van der Waals surface area (Å²) in [5, 5.41) is 14.4. The Morgan fingerprint density at radius 2 is 1.82 bits per heavy atom. The van der Waals surface area contributed by atoms with Crippen molar-refractivity contribution in [2.45, 2.75) is 52.1 Å². The van der Waals surface area contributed by atoms with Gasteiger partial charge in [-0.05, 0) is 25.7 Å². The minimum absolute atomic E-state index is 0.0205. The van der Waals surface area contributed by atoms with Crippen LogP contribution in [0.2, 0.25) is 0 Å². The summed E-state index contributed by atoms with van der Waals surface area (Å²) in [5.74, 6) is -0.434. The van der Waals surface area contributed by atoms with Gasteiger partial charge in [-0.2, -0.15) is 0 Å². The third-order valence-electron chi connectivity index (χ3n) is 2.55. The van der Waals surface area contributed by atoms with Crippen LogP contribution in [0.3, 0.4) is 0 Å². The summed E-state index contributed by atoms with van der Waals surface area (Å²) in [6.45, 7) is 6.01. The molecule has 5 heteroatoms. The monoisotopic (exact) mass is 244 g/mol. The summed E-state index contributed by atoms with van der Waals surface area (Å²) < 4.78 is 0. The number of carbonyl (C=O) groups is 2. The maximum atomic E-state index is 11.6. The molecule has 100 valence electrons. The van der Waals surface area contributed by atoms with Gasteiger partial charge in [-0.1, -0.05) is 13.8 Å². The van der Waals surface area contributed by atoms with Gasteiger partial charge >= 0.3 is 5.97 Å². The van der Waals surface area contributed by atoms with Gasteiger partial charge < -0.3 is 15.7 Å². The standard InChI is InChI=1S/C12H24N2O3/c1-8(2)7-10(12(17)13-4)14-9(3)5-6-11(15)16/h8-10,14H,5-7H2,1-4H3,(H,13,17)(H,15,16). The lowest BCUT2D eigenvalue weighted by Gasteiger charge is -2.23. The van der Waals surface area contributed by atoms with E-state index in [9.17, 15) is 9.59 Å². The van der Waals surface area contributed by atoms with E-state index in [4.69, 9.17) is 5.11 Å². The van der Waals surface area contributed by atoms with Gasteiger partial charge in [0.2, 0.25) is 5.91 Å². The molecule has 1 amide bonds. The second-order valence-corrected chi connectivity index (χ2v) is 4.80. The first kappa shape index (κ1) is 15.9. The molecule has 0 bridgehead atoms. The summed E-state index contributed by atoms with van der Waals surface area (Å²) in [7, 11) is 1.61. The number of amides is 1. The molecule has 0 aromatic carbocycles. The summed E-state index contributed by atoms with van der Waals surface area (Å²) >= 11 is 0. The van der Waals surface area contributed by atoms with Gasteiger partial charge in [0.05, 0.1) is 6.04 Å². The molecule has 3 N–H and O–H groups in total. The fraction of sp³-hybridized carbons (Fsp3) is 0.833. The van der Waals surface area contributed by atoms with Crippen molar-refractivity contribution in [1.82, 2.24) is 10.6 Å². The fourth-order valence-electron chi connectivity index (χ4n) is 1.66. The number of aliphatic carboxylic acids is 1. The molecular weight excluding hydrogens is 220 g/mol. The number of rotatable bonds is 8. The van der Waals surface area contributed by atoms with Crippen LogP contribution in [0, 0.1) is 5.92 Å². The van der Waals surface area contributed by atoms with Crippen LogP contribution < -0.4 is 10.6 Å². The van der Waals surface area contributed by atoms with Crippen LogP contribution in [0.15, 0.2) is 0 Å². The maximum absolute atomic E-state index is 11.6. The van der Waals surface area contributed by atoms with Crippen LogP contribution in [0.5, 0.6) is 0 Å². The molecule has 0 aliphatic rings. The Balaban J connectivity index is 4.22. The van der Waals surface area contributed by atoms with Crippen LogP contribution in [-0.2, 0) is 9.59 Å². The van der Waals surface area contributed by atoms with E-state index in [0.717, 1.165) is 6.42 Å². The Bertz CT molecular complexity index is 254. The average Bonchev–Trinajstić information content (AvgIpc) is 2.23. The lowest BCUT2D eigenvalue weighted by Crippen LogP contribution is -2.47. The van der Waals surface area contributed by atoms with Gasteiger partial charge in [0.25, 0.3) is 0 Å². The third-order valence-corrected chi connectivity index (χ3v) is 2.55. The zero-order valence-corrected chi connectivity index (χ0v) is 11.1. The summed E-state index contributed by atoms with van der Waals surface area (Å²) in [6, 6.07) is -0.226. The second-order valence-electron chi connectivity index (χ2n) is 4.80. The topological polar surface area (TPSA) is 78.4 Å². The molecule has 2 unspecified atom stereocenters. The number of carboxylic acid groups (broad SMARTS) is 1. The van der Waals surface area contributed by atoms with E-state index in [1.807, 2.05) is 6.92 Å². The minimum atomic E-state index is -0.806. The van der Waals surface area contributed by atoms with E-state index in [0.29, 0.717) is 12.3 Å². The van der Waals surface area contributed by atoms with Crippen molar-refractivity contribution in [1.29, 1.82) is 0 Å². The number of nitrogens with one attached hydrogen (secondary N) is 2. The number of likely N-dealkylation sites (N-methyl/N-ethyl adjacent to an activating group) is 1. The smallest absolute Gasteiger partial charge is 0.303 e. The Morgan fingerprint density at radius 3 is 2.24 bits per heavy atom. The fourth-order valence-corrected chi connectivity index (χ4v) is 1.66. The van der Waals surface area contributed by atoms with Crippen molar-refractivity contribution in [2.24, 2.45) is 5.92 Å². The molecule has 0 aliphatic heterocycles. The average molecular weight is 244 g/mol. The first-order chi connectivity index (χ1) is 7.86. The largest absolute Gasteiger partial charge is 0.481 e. The number of carbonyl (C=O) groups excluding carboxylic acids is 1. The first-order valence-electron chi connectivity index (χ1n) is 6.06. The Labute approximate surface area is 103 Å². The molecule has 5 nitrogen and oxygen atoms in total. The molecule has 0 aromatic rings. The van der Waals surface area contributed by atoms with E-state index in [-0.39, 0.29) is 24.4 Å². The normalized spacial score (nSPS) is 14.4. The van der Waals surface area contributed by atoms with Crippen LogP contribution in [-0.4, -0.2) is 36.1 Å². The number of carboxylic acids is 1. The number of hydrogen-bond acceptors (Lipinski definition) is 3. The Hall–Kier alpha value is -1.10. The van der Waals surface area contributed by atoms with Gasteiger partial charge in [-0.3, -0.25) is 9.59 Å². The molecule has 17 heavy (non-hydrogen) atoms. The summed E-state index contributed by atoms with van der Waals surface area (Å²) in [4.78, 5) is 22.1. The molecule has 0 saturated heterocycles. The quantitative estimate of drug-likeness (QED) is 0.595. The highest BCUT2D eigenvalue weighted by molar-refractivity contribution is 5.81. The Morgan fingerprint density at radius 1 is 1.24 bits per heavy atom. The van der Waals surface area contributed by atoms with Crippen molar-refractivity contribution in [2.75, 3.05) is 7.05 Å². The van der Waals surface area contributed by atoms with E-state index < -0.39 is 5.97 Å². The van der Waals surface area contributed by atoms with E-state index in [1.165, 1.54) is 0 Å². The lowest BCUT2D eigenvalue weighted by molar-refractivity contribution is -0.137. The number of hydrogen-bond donors (Lipinski definition) is 3. The second kappa shape index (κ2) is 8.06. The van der Waals surface area contributed by atoms with Gasteiger partial charge in [-0.25, -0.2) is 0 Å². The molecule has 0 fully saturated rings. The van der Waals surface area contributed by atoms with E-state index in [2.05, 4.69) is 24.5 Å². The van der Waals surface area contributed by atoms with E-state index >= 15 is 0 Å². The van der Waals surface area contributed by atoms with Crippen LogP contribution in [0.4, 0.5) is 0 Å². The molecule has 0 saturated carbocycles. The predicted octanol–water partition coefficient (Wildman–Crippen LogP) is 0.990. The van der Waals surface area contributed by atoms with E-state index in [1.54, 1.807) is 7.05 Å². The molecule has 0 rings (SSSR count). The van der Waals surface area contributed by atoms with Gasteiger partial charge in [0, 0.05) is 19.5 Å². The molecule has 0 radical (unpaired) electrons. The van der Waals surface area contributed by atoms with Crippen LogP contribution in [0.25, 0.3) is 0 Å². The first-order valence-corrected chi connectivity index (χ1v) is 6.06. The molecule has 2 atom stereocenters. The highest BCUT2D eigenvalue weighted by Crippen LogP contribution is 2.07. The summed E-state index contributed by atoms with van der Waals surface area (Å²) in [6.07, 6.45) is 1.40. The van der Waals surface area contributed by atoms with Crippen LogP contribution in [0.1, 0.15) is 40.0 Å². The SMILES string of the molecule is CNC(=O)C(CC(C)C)NC(C)CCC(=O)O. The van der Waals surface area contributed by atoms with Crippen LogP contribution >= 0.6 is 0 Å². The highest BCUT2D eigenvalue weighted by atomic mass is 16.4. The molecule has 0 aliphatic carbocycles. The molecule has 0 spiro atoms. The molecule has 0 heterocycles. The molecule has 0 aromatic heterocycles. The van der Waals surface area contributed by atoms with Crippen molar-refractivity contribution >= 4 is 11.9 Å².